The SMILES string of the molecule is CCCCCCCC[Si](C)(C)c1cc(OC)c([Si](C)(C)CCCCCCCC)cc1OC. The van der Waals surface area contributed by atoms with Gasteiger partial charge in [-0.2, -0.15) is 0 Å². The van der Waals surface area contributed by atoms with Crippen LogP contribution in [0.1, 0.15) is 90.9 Å². The molecule has 0 bridgehead atoms. The van der Waals surface area contributed by atoms with Gasteiger partial charge in [0.25, 0.3) is 0 Å². The van der Waals surface area contributed by atoms with E-state index in [0.717, 1.165) is 11.5 Å². The van der Waals surface area contributed by atoms with Gasteiger partial charge < -0.3 is 9.47 Å². The van der Waals surface area contributed by atoms with Crippen LogP contribution in [0.3, 0.4) is 0 Å². The van der Waals surface area contributed by atoms with Gasteiger partial charge in [0.2, 0.25) is 0 Å². The second-order valence-corrected chi connectivity index (χ2v) is 20.7. The van der Waals surface area contributed by atoms with Crippen LogP contribution in [0.15, 0.2) is 12.1 Å². The standard InChI is InChI=1S/C28H54O2Si2/c1-9-11-13-15-17-19-21-31(5,6)27-23-26(30-4)28(24-25(27)29-3)32(7,8)22-20-18-16-14-12-10-2/h23-24H,9-22H2,1-8H3. The van der Waals surface area contributed by atoms with E-state index in [-0.39, 0.29) is 0 Å². The zero-order valence-electron chi connectivity index (χ0n) is 22.9. The third-order valence-electron chi connectivity index (χ3n) is 7.29. The van der Waals surface area contributed by atoms with Gasteiger partial charge in [0.1, 0.15) is 11.5 Å². The fraction of sp³-hybridized carbons (Fsp3) is 0.786. The van der Waals surface area contributed by atoms with Crippen LogP contribution in [0.4, 0.5) is 0 Å². The van der Waals surface area contributed by atoms with E-state index in [1.807, 2.05) is 14.2 Å². The molecule has 0 amide bonds. The number of hydrogen-bond acceptors (Lipinski definition) is 2. The van der Waals surface area contributed by atoms with E-state index in [1.165, 1.54) is 99.5 Å². The molecule has 186 valence electrons. The highest BCUT2D eigenvalue weighted by Gasteiger charge is 2.32. The predicted octanol–water partition coefficient (Wildman–Crippen LogP) is 8.26. The van der Waals surface area contributed by atoms with Crippen molar-refractivity contribution in [2.24, 2.45) is 0 Å². The quantitative estimate of drug-likeness (QED) is 0.156. The number of hydrogen-bond donors (Lipinski definition) is 0. The summed E-state index contributed by atoms with van der Waals surface area (Å²) < 4.78 is 12.0. The van der Waals surface area contributed by atoms with Crippen molar-refractivity contribution in [2.45, 2.75) is 129 Å². The summed E-state index contributed by atoms with van der Waals surface area (Å²) in [5.41, 5.74) is 0. The van der Waals surface area contributed by atoms with E-state index >= 15 is 0 Å². The molecule has 4 heteroatoms. The van der Waals surface area contributed by atoms with Crippen LogP contribution < -0.4 is 19.8 Å². The molecule has 0 aliphatic carbocycles. The zero-order chi connectivity index (χ0) is 24.0. The largest absolute Gasteiger partial charge is 0.497 e. The first-order valence-corrected chi connectivity index (χ1v) is 19.9. The molecular weight excluding hydrogens is 424 g/mol. The Hall–Kier alpha value is -0.746. The maximum Gasteiger partial charge on any atom is 0.118 e. The summed E-state index contributed by atoms with van der Waals surface area (Å²) >= 11 is 0. The maximum absolute atomic E-state index is 6.00. The van der Waals surface area contributed by atoms with Gasteiger partial charge >= 0.3 is 0 Å². The Kier molecular flexibility index (Phi) is 13.9. The summed E-state index contributed by atoms with van der Waals surface area (Å²) in [7, 11) is 0.554. The number of unbranched alkanes of at least 4 members (excludes halogenated alkanes) is 10. The second kappa shape index (κ2) is 15.2. The molecule has 0 unspecified atom stereocenters. The van der Waals surface area contributed by atoms with E-state index in [0.29, 0.717) is 0 Å². The Labute approximate surface area is 202 Å². The average molecular weight is 479 g/mol. The van der Waals surface area contributed by atoms with Crippen LogP contribution in [0.25, 0.3) is 0 Å². The third kappa shape index (κ3) is 9.63. The molecule has 0 heterocycles. The molecule has 1 rings (SSSR count). The zero-order valence-corrected chi connectivity index (χ0v) is 24.9. The van der Waals surface area contributed by atoms with Gasteiger partial charge in [0, 0.05) is 0 Å². The van der Waals surface area contributed by atoms with Gasteiger partial charge in [-0.15, -0.1) is 0 Å². The van der Waals surface area contributed by atoms with Gasteiger partial charge in [-0.05, 0) is 22.5 Å². The lowest BCUT2D eigenvalue weighted by atomic mass is 10.1. The average Bonchev–Trinajstić information content (AvgIpc) is 2.77. The minimum atomic E-state index is -1.58. The Morgan fingerprint density at radius 3 is 1.16 bits per heavy atom. The number of rotatable bonds is 18. The lowest BCUT2D eigenvalue weighted by molar-refractivity contribution is 0.408. The fourth-order valence-corrected chi connectivity index (χ4v) is 10.5. The topological polar surface area (TPSA) is 18.5 Å². The second-order valence-electron chi connectivity index (χ2n) is 11.1. The van der Waals surface area contributed by atoms with Gasteiger partial charge in [0.05, 0.1) is 30.4 Å². The highest BCUT2D eigenvalue weighted by molar-refractivity contribution is 6.92. The van der Waals surface area contributed by atoms with Gasteiger partial charge in [-0.3, -0.25) is 0 Å². The molecule has 0 saturated carbocycles. The van der Waals surface area contributed by atoms with Crippen LogP contribution in [-0.4, -0.2) is 30.4 Å². The molecule has 0 saturated heterocycles. The van der Waals surface area contributed by atoms with Crippen molar-refractivity contribution in [1.82, 2.24) is 0 Å². The summed E-state index contributed by atoms with van der Waals surface area (Å²) in [5.74, 6) is 2.24. The Morgan fingerprint density at radius 1 is 0.531 bits per heavy atom. The van der Waals surface area contributed by atoms with E-state index in [2.05, 4.69) is 52.2 Å². The number of benzene rings is 1. The Morgan fingerprint density at radius 2 is 0.844 bits per heavy atom. The summed E-state index contributed by atoms with van der Waals surface area (Å²) in [5, 5.41) is 2.89. The highest BCUT2D eigenvalue weighted by Crippen LogP contribution is 2.27. The van der Waals surface area contributed by atoms with E-state index in [4.69, 9.17) is 9.47 Å². The van der Waals surface area contributed by atoms with Crippen molar-refractivity contribution in [3.8, 4) is 11.5 Å². The minimum absolute atomic E-state index is 1.12. The predicted molar refractivity (Wildman–Crippen MR) is 150 cm³/mol. The molecule has 0 spiro atoms. The maximum atomic E-state index is 6.00. The van der Waals surface area contributed by atoms with Crippen molar-refractivity contribution in [3.63, 3.8) is 0 Å². The third-order valence-corrected chi connectivity index (χ3v) is 14.2. The molecule has 1 aromatic rings. The molecule has 0 fully saturated rings. The Balaban J connectivity index is 2.92. The van der Waals surface area contributed by atoms with E-state index < -0.39 is 16.1 Å². The number of methoxy groups -OCH3 is 2. The molecule has 0 aliphatic heterocycles. The smallest absolute Gasteiger partial charge is 0.118 e. The molecule has 0 aliphatic rings. The molecule has 0 radical (unpaired) electrons. The molecule has 0 N–H and O–H groups in total. The molecule has 1 aromatic carbocycles. The normalized spacial score (nSPS) is 12.2. The van der Waals surface area contributed by atoms with Crippen molar-refractivity contribution in [3.05, 3.63) is 12.1 Å². The Bertz CT molecular complexity index is 585. The minimum Gasteiger partial charge on any atom is -0.497 e. The van der Waals surface area contributed by atoms with Crippen molar-refractivity contribution >= 4 is 26.5 Å². The molecule has 32 heavy (non-hydrogen) atoms. The van der Waals surface area contributed by atoms with E-state index in [9.17, 15) is 0 Å². The monoisotopic (exact) mass is 478 g/mol. The van der Waals surface area contributed by atoms with Gasteiger partial charge in [-0.25, -0.2) is 0 Å². The fourth-order valence-electron chi connectivity index (χ4n) is 4.92. The molecular formula is C28H54O2Si2. The molecule has 0 atom stereocenters. The van der Waals surface area contributed by atoms with E-state index in [1.54, 1.807) is 0 Å². The van der Waals surface area contributed by atoms with Crippen molar-refractivity contribution < 1.29 is 9.47 Å². The van der Waals surface area contributed by atoms with Crippen molar-refractivity contribution in [1.29, 1.82) is 0 Å². The highest BCUT2D eigenvalue weighted by atomic mass is 28.3. The molecule has 0 aromatic heterocycles. The summed E-state index contributed by atoms with van der Waals surface area (Å²) in [6.07, 6.45) is 16.4. The summed E-state index contributed by atoms with van der Waals surface area (Å²) in [6, 6.07) is 7.40. The first kappa shape index (κ1) is 29.3. The van der Waals surface area contributed by atoms with Crippen LogP contribution >= 0.6 is 0 Å². The summed E-state index contributed by atoms with van der Waals surface area (Å²) in [6.45, 7) is 14.6. The van der Waals surface area contributed by atoms with Crippen LogP contribution in [0, 0.1) is 0 Å². The summed E-state index contributed by atoms with van der Waals surface area (Å²) in [4.78, 5) is 0. The van der Waals surface area contributed by atoms with Crippen LogP contribution in [-0.2, 0) is 0 Å². The van der Waals surface area contributed by atoms with Gasteiger partial charge in [-0.1, -0.05) is 129 Å². The van der Waals surface area contributed by atoms with Crippen molar-refractivity contribution in [2.75, 3.05) is 14.2 Å². The lowest BCUT2D eigenvalue weighted by Gasteiger charge is -2.30. The first-order valence-electron chi connectivity index (χ1n) is 13.5. The van der Waals surface area contributed by atoms with Crippen LogP contribution in [0.2, 0.25) is 38.3 Å². The van der Waals surface area contributed by atoms with Crippen LogP contribution in [0.5, 0.6) is 11.5 Å². The lowest BCUT2D eigenvalue weighted by Crippen LogP contribution is -2.46. The number of ether oxygens (including phenoxy) is 2. The van der Waals surface area contributed by atoms with Gasteiger partial charge in [0.15, 0.2) is 0 Å². The molecule has 2 nitrogen and oxygen atoms in total. The first-order chi connectivity index (χ1) is 15.2.